The van der Waals surface area contributed by atoms with E-state index in [4.69, 9.17) is 9.47 Å². The van der Waals surface area contributed by atoms with Crippen molar-refractivity contribution in [1.82, 2.24) is 5.32 Å². The number of para-hydroxylation sites is 2. The average molecular weight is 421 g/mol. The average Bonchev–Trinajstić information content (AvgIpc) is 2.70. The number of amides is 1. The van der Waals surface area contributed by atoms with Gasteiger partial charge in [0.2, 0.25) is 15.9 Å². The topological polar surface area (TPSA) is 84.9 Å². The van der Waals surface area contributed by atoms with Crippen LogP contribution in [-0.4, -0.2) is 41.3 Å². The highest BCUT2D eigenvalue weighted by Crippen LogP contribution is 2.29. The molecular formula is C21H28N2O5S. The van der Waals surface area contributed by atoms with Gasteiger partial charge in [-0.25, -0.2) is 8.42 Å². The van der Waals surface area contributed by atoms with Crippen molar-refractivity contribution < 1.29 is 22.7 Å². The van der Waals surface area contributed by atoms with Crippen LogP contribution < -0.4 is 19.1 Å². The molecule has 2 aromatic carbocycles. The summed E-state index contributed by atoms with van der Waals surface area (Å²) in [5.74, 6) is 1.08. The normalized spacial score (nSPS) is 12.1. The van der Waals surface area contributed by atoms with Gasteiger partial charge in [0.15, 0.2) is 0 Å². The zero-order valence-corrected chi connectivity index (χ0v) is 18.0. The van der Waals surface area contributed by atoms with Gasteiger partial charge in [0.1, 0.15) is 11.5 Å². The summed E-state index contributed by atoms with van der Waals surface area (Å²) >= 11 is 0. The second kappa shape index (κ2) is 10.2. The van der Waals surface area contributed by atoms with Crippen molar-refractivity contribution >= 4 is 21.6 Å². The quantitative estimate of drug-likeness (QED) is 0.638. The van der Waals surface area contributed by atoms with Crippen LogP contribution in [0.2, 0.25) is 0 Å². The smallest absolute Gasteiger partial charge is 0.232 e. The lowest BCUT2D eigenvalue weighted by molar-refractivity contribution is -0.121. The van der Waals surface area contributed by atoms with Crippen molar-refractivity contribution in [3.8, 4) is 11.5 Å². The number of hydrogen-bond donors (Lipinski definition) is 1. The van der Waals surface area contributed by atoms with Gasteiger partial charge in [0.25, 0.3) is 0 Å². The Bertz CT molecular complexity index is 913. The molecule has 0 aliphatic heterocycles. The van der Waals surface area contributed by atoms with Crippen LogP contribution in [0.3, 0.4) is 0 Å². The molecule has 0 bridgehead atoms. The van der Waals surface area contributed by atoms with Crippen LogP contribution in [0.15, 0.2) is 48.5 Å². The third-order valence-corrected chi connectivity index (χ3v) is 5.69. The zero-order chi connectivity index (χ0) is 21.4. The Kier molecular flexibility index (Phi) is 7.90. The lowest BCUT2D eigenvalue weighted by Gasteiger charge is -2.24. The van der Waals surface area contributed by atoms with E-state index in [1.165, 1.54) is 11.4 Å². The summed E-state index contributed by atoms with van der Waals surface area (Å²) in [7, 11) is -0.416. The number of rotatable bonds is 10. The molecular weight excluding hydrogens is 392 g/mol. The van der Waals surface area contributed by atoms with Gasteiger partial charge in [-0.15, -0.1) is 0 Å². The van der Waals surface area contributed by atoms with Crippen molar-refractivity contribution in [2.45, 2.75) is 25.8 Å². The SMILES string of the molecule is COc1ccc([C@H](C)NC(=O)CCCN(c2ccccc2OC)S(C)(=O)=O)cc1. The van der Waals surface area contributed by atoms with E-state index in [1.807, 2.05) is 31.2 Å². The van der Waals surface area contributed by atoms with Crippen LogP contribution in [-0.2, 0) is 14.8 Å². The standard InChI is InChI=1S/C21H28N2O5S/c1-16(17-11-13-18(27-2)14-12-17)22-21(24)10-7-15-23(29(4,25)26)19-8-5-6-9-20(19)28-3/h5-6,8-9,11-14,16H,7,10,15H2,1-4H3,(H,22,24)/t16-/m0/s1. The molecule has 1 amide bonds. The summed E-state index contributed by atoms with van der Waals surface area (Å²) < 4.78 is 36.2. The van der Waals surface area contributed by atoms with Gasteiger partial charge in [-0.3, -0.25) is 9.10 Å². The number of hydrogen-bond acceptors (Lipinski definition) is 5. The molecule has 0 fully saturated rings. The van der Waals surface area contributed by atoms with Crippen LogP contribution >= 0.6 is 0 Å². The fourth-order valence-corrected chi connectivity index (χ4v) is 3.94. The summed E-state index contributed by atoms with van der Waals surface area (Å²) in [6.07, 6.45) is 1.74. The predicted molar refractivity (Wildman–Crippen MR) is 114 cm³/mol. The van der Waals surface area contributed by atoms with Crippen LogP contribution in [0.1, 0.15) is 31.4 Å². The Morgan fingerprint density at radius 3 is 2.31 bits per heavy atom. The number of ether oxygens (including phenoxy) is 2. The molecule has 8 heteroatoms. The Morgan fingerprint density at radius 2 is 1.72 bits per heavy atom. The van der Waals surface area contributed by atoms with Gasteiger partial charge in [0, 0.05) is 13.0 Å². The zero-order valence-electron chi connectivity index (χ0n) is 17.2. The van der Waals surface area contributed by atoms with Crippen molar-refractivity contribution in [2.24, 2.45) is 0 Å². The van der Waals surface area contributed by atoms with Gasteiger partial charge in [-0.2, -0.15) is 0 Å². The third-order valence-electron chi connectivity index (χ3n) is 4.51. The van der Waals surface area contributed by atoms with E-state index in [0.717, 1.165) is 17.6 Å². The number of nitrogens with zero attached hydrogens (tertiary/aromatic N) is 1. The highest BCUT2D eigenvalue weighted by atomic mass is 32.2. The molecule has 7 nitrogen and oxygen atoms in total. The number of carbonyl (C=O) groups is 1. The fourth-order valence-electron chi connectivity index (χ4n) is 2.97. The van der Waals surface area contributed by atoms with E-state index in [-0.39, 0.29) is 24.9 Å². The second-order valence-corrected chi connectivity index (χ2v) is 8.58. The maximum atomic E-state index is 12.3. The van der Waals surface area contributed by atoms with Crippen molar-refractivity contribution in [3.63, 3.8) is 0 Å². The molecule has 0 heterocycles. The number of nitrogens with one attached hydrogen (secondary N) is 1. The van der Waals surface area contributed by atoms with E-state index in [9.17, 15) is 13.2 Å². The summed E-state index contributed by atoms with van der Waals surface area (Å²) in [5, 5.41) is 2.94. The predicted octanol–water partition coefficient (Wildman–Crippen LogP) is 3.13. The first kappa shape index (κ1) is 22.5. The van der Waals surface area contributed by atoms with E-state index >= 15 is 0 Å². The van der Waals surface area contributed by atoms with Crippen LogP contribution in [0.5, 0.6) is 11.5 Å². The maximum absolute atomic E-state index is 12.3. The second-order valence-electron chi connectivity index (χ2n) is 6.67. The Morgan fingerprint density at radius 1 is 1.07 bits per heavy atom. The number of benzene rings is 2. The number of anilines is 1. The summed E-state index contributed by atoms with van der Waals surface area (Å²) in [4.78, 5) is 12.3. The first-order chi connectivity index (χ1) is 13.8. The molecule has 1 atom stereocenters. The third kappa shape index (κ3) is 6.39. The molecule has 0 saturated heterocycles. The maximum Gasteiger partial charge on any atom is 0.232 e. The highest BCUT2D eigenvalue weighted by Gasteiger charge is 2.21. The van der Waals surface area contributed by atoms with Gasteiger partial charge >= 0.3 is 0 Å². The summed E-state index contributed by atoms with van der Waals surface area (Å²) in [6.45, 7) is 2.08. The lowest BCUT2D eigenvalue weighted by atomic mass is 10.1. The number of sulfonamides is 1. The minimum absolute atomic E-state index is 0.137. The number of carbonyl (C=O) groups excluding carboxylic acids is 1. The molecule has 0 aromatic heterocycles. The Balaban J connectivity index is 1.95. The molecule has 1 N–H and O–H groups in total. The minimum atomic E-state index is -3.51. The number of methoxy groups -OCH3 is 2. The molecule has 0 aliphatic rings. The minimum Gasteiger partial charge on any atom is -0.497 e. The lowest BCUT2D eigenvalue weighted by Crippen LogP contribution is -2.32. The van der Waals surface area contributed by atoms with E-state index < -0.39 is 10.0 Å². The molecule has 2 rings (SSSR count). The Labute approximate surface area is 172 Å². The highest BCUT2D eigenvalue weighted by molar-refractivity contribution is 7.92. The van der Waals surface area contributed by atoms with Crippen molar-refractivity contribution in [3.05, 3.63) is 54.1 Å². The summed E-state index contributed by atoms with van der Waals surface area (Å²) in [6, 6.07) is 14.2. The molecule has 0 aliphatic carbocycles. The Hall–Kier alpha value is -2.74. The van der Waals surface area contributed by atoms with Gasteiger partial charge in [-0.1, -0.05) is 24.3 Å². The van der Waals surface area contributed by atoms with Gasteiger partial charge in [0.05, 0.1) is 32.2 Å². The molecule has 0 saturated carbocycles. The van der Waals surface area contributed by atoms with Gasteiger partial charge in [-0.05, 0) is 43.2 Å². The largest absolute Gasteiger partial charge is 0.497 e. The first-order valence-electron chi connectivity index (χ1n) is 9.30. The molecule has 2 aromatic rings. The van der Waals surface area contributed by atoms with E-state index in [0.29, 0.717) is 17.9 Å². The van der Waals surface area contributed by atoms with E-state index in [1.54, 1.807) is 31.4 Å². The molecule has 158 valence electrons. The summed E-state index contributed by atoms with van der Waals surface area (Å²) in [5.41, 5.74) is 1.43. The van der Waals surface area contributed by atoms with E-state index in [2.05, 4.69) is 5.32 Å². The van der Waals surface area contributed by atoms with Crippen molar-refractivity contribution in [2.75, 3.05) is 31.3 Å². The molecule has 0 unspecified atom stereocenters. The van der Waals surface area contributed by atoms with Crippen LogP contribution in [0.4, 0.5) is 5.69 Å². The van der Waals surface area contributed by atoms with Crippen LogP contribution in [0.25, 0.3) is 0 Å². The first-order valence-corrected chi connectivity index (χ1v) is 11.1. The van der Waals surface area contributed by atoms with Gasteiger partial charge < -0.3 is 14.8 Å². The van der Waals surface area contributed by atoms with Crippen LogP contribution in [0, 0.1) is 0 Å². The molecule has 0 radical (unpaired) electrons. The van der Waals surface area contributed by atoms with Crippen molar-refractivity contribution in [1.29, 1.82) is 0 Å². The monoisotopic (exact) mass is 420 g/mol. The molecule has 29 heavy (non-hydrogen) atoms. The molecule has 0 spiro atoms. The fraction of sp³-hybridized carbons (Fsp3) is 0.381.